The number of hydrogen-bond acceptors (Lipinski definition) is 5. The quantitative estimate of drug-likeness (QED) is 0.404. The van der Waals surface area contributed by atoms with Crippen LogP contribution in [-0.2, 0) is 11.4 Å². The summed E-state index contributed by atoms with van der Waals surface area (Å²) in [5.41, 5.74) is 4.72. The van der Waals surface area contributed by atoms with Crippen molar-refractivity contribution in [3.8, 4) is 5.75 Å². The molecule has 35 heavy (non-hydrogen) atoms. The number of nitrogens with one attached hydrogen (secondary N) is 2. The molecular formula is C27H24FN5O2. The second-order valence-electron chi connectivity index (χ2n) is 8.35. The van der Waals surface area contributed by atoms with Gasteiger partial charge in [-0.2, -0.15) is 10.1 Å². The van der Waals surface area contributed by atoms with E-state index in [1.807, 2.05) is 62.4 Å². The van der Waals surface area contributed by atoms with E-state index in [0.29, 0.717) is 29.6 Å². The van der Waals surface area contributed by atoms with E-state index in [-0.39, 0.29) is 11.7 Å². The maximum absolute atomic E-state index is 13.5. The molecule has 1 amide bonds. The highest BCUT2D eigenvalue weighted by molar-refractivity contribution is 6.06. The van der Waals surface area contributed by atoms with Crippen LogP contribution in [0.2, 0.25) is 0 Å². The van der Waals surface area contributed by atoms with E-state index in [0.717, 1.165) is 22.4 Å². The Morgan fingerprint density at radius 3 is 2.54 bits per heavy atom. The molecule has 4 aromatic rings. The van der Waals surface area contributed by atoms with Gasteiger partial charge in [0.15, 0.2) is 0 Å². The fourth-order valence-electron chi connectivity index (χ4n) is 4.09. The predicted octanol–water partition coefficient (Wildman–Crippen LogP) is 5.23. The number of anilines is 2. The monoisotopic (exact) mass is 469 g/mol. The number of allylic oxidation sites excluding steroid dienone is 1. The number of fused-ring (bicyclic) bond motifs is 1. The molecule has 0 saturated carbocycles. The third kappa shape index (κ3) is 4.63. The first kappa shape index (κ1) is 22.3. The summed E-state index contributed by atoms with van der Waals surface area (Å²) in [6.07, 6.45) is 1.46. The van der Waals surface area contributed by atoms with Crippen LogP contribution in [0.25, 0.3) is 0 Å². The number of ether oxygens (including phenoxy) is 1. The molecule has 2 N–H and O–H groups in total. The molecule has 5 rings (SSSR count). The van der Waals surface area contributed by atoms with Crippen molar-refractivity contribution in [2.75, 3.05) is 10.6 Å². The standard InChI is InChI=1S/C27H24FN5O2/c1-17-5-3-4-6-23(17)32-26(34)24-18(2)31-27-29-16-30-33(27)25(24)20-9-13-22(14-10-20)35-15-19-7-11-21(28)12-8-19/h3-14,16,25H,15H2,1-2H3,(H,32,34)(H,29,30,31). The molecule has 8 heteroatoms. The van der Waals surface area contributed by atoms with E-state index >= 15 is 0 Å². The van der Waals surface area contributed by atoms with Crippen LogP contribution in [0.1, 0.15) is 29.7 Å². The number of carbonyl (C=O) groups excluding carboxylic acids is 1. The van der Waals surface area contributed by atoms with E-state index in [9.17, 15) is 9.18 Å². The second kappa shape index (κ2) is 9.42. The minimum Gasteiger partial charge on any atom is -0.489 e. The fraction of sp³-hybridized carbons (Fsp3) is 0.148. The average Bonchev–Trinajstić information content (AvgIpc) is 3.32. The normalized spacial score (nSPS) is 14.8. The number of aromatic nitrogens is 3. The number of halogens is 1. The Kier molecular flexibility index (Phi) is 6.01. The Hall–Kier alpha value is -4.46. The molecule has 176 valence electrons. The van der Waals surface area contributed by atoms with Crippen LogP contribution in [0.3, 0.4) is 0 Å². The van der Waals surface area contributed by atoms with Crippen LogP contribution >= 0.6 is 0 Å². The summed E-state index contributed by atoms with van der Waals surface area (Å²) in [5.74, 6) is 0.735. The summed E-state index contributed by atoms with van der Waals surface area (Å²) >= 11 is 0. The molecular weight excluding hydrogens is 445 g/mol. The van der Waals surface area contributed by atoms with E-state index in [1.165, 1.54) is 18.5 Å². The zero-order valence-corrected chi connectivity index (χ0v) is 19.3. The van der Waals surface area contributed by atoms with E-state index < -0.39 is 6.04 Å². The molecule has 2 heterocycles. The van der Waals surface area contributed by atoms with Crippen molar-refractivity contribution < 1.29 is 13.9 Å². The predicted molar refractivity (Wildman–Crippen MR) is 131 cm³/mol. The first-order chi connectivity index (χ1) is 17.0. The van der Waals surface area contributed by atoms with Crippen molar-refractivity contribution >= 4 is 17.5 Å². The fourth-order valence-corrected chi connectivity index (χ4v) is 4.09. The van der Waals surface area contributed by atoms with Gasteiger partial charge in [-0.25, -0.2) is 9.07 Å². The van der Waals surface area contributed by atoms with Crippen molar-refractivity contribution in [2.24, 2.45) is 0 Å². The van der Waals surface area contributed by atoms with Gasteiger partial charge in [0.2, 0.25) is 5.95 Å². The molecule has 0 aliphatic carbocycles. The first-order valence-corrected chi connectivity index (χ1v) is 11.2. The van der Waals surface area contributed by atoms with Crippen molar-refractivity contribution in [3.05, 3.63) is 113 Å². The maximum atomic E-state index is 13.5. The number of para-hydroxylation sites is 1. The highest BCUT2D eigenvalue weighted by Crippen LogP contribution is 2.36. The molecule has 0 bridgehead atoms. The number of benzene rings is 3. The number of carbonyl (C=O) groups is 1. The van der Waals surface area contributed by atoms with Gasteiger partial charge < -0.3 is 15.4 Å². The Morgan fingerprint density at radius 2 is 1.80 bits per heavy atom. The van der Waals surface area contributed by atoms with E-state index in [2.05, 4.69) is 20.7 Å². The summed E-state index contributed by atoms with van der Waals surface area (Å²) < 4.78 is 20.7. The highest BCUT2D eigenvalue weighted by atomic mass is 19.1. The van der Waals surface area contributed by atoms with Crippen LogP contribution in [0.5, 0.6) is 5.75 Å². The van der Waals surface area contributed by atoms with Gasteiger partial charge in [-0.3, -0.25) is 4.79 Å². The van der Waals surface area contributed by atoms with Crippen LogP contribution in [0.15, 0.2) is 90.4 Å². The Bertz CT molecular complexity index is 1390. The van der Waals surface area contributed by atoms with Crippen molar-refractivity contribution in [1.29, 1.82) is 0 Å². The van der Waals surface area contributed by atoms with Gasteiger partial charge in [0.1, 0.15) is 30.5 Å². The maximum Gasteiger partial charge on any atom is 0.255 e. The van der Waals surface area contributed by atoms with Gasteiger partial charge in [0.05, 0.1) is 5.57 Å². The lowest BCUT2D eigenvalue weighted by atomic mass is 9.95. The smallest absolute Gasteiger partial charge is 0.255 e. The molecule has 1 aromatic heterocycles. The number of rotatable bonds is 6. The van der Waals surface area contributed by atoms with Gasteiger partial charge >= 0.3 is 0 Å². The minimum absolute atomic E-state index is 0.216. The Morgan fingerprint density at radius 1 is 1.06 bits per heavy atom. The largest absolute Gasteiger partial charge is 0.489 e. The first-order valence-electron chi connectivity index (χ1n) is 11.2. The molecule has 0 saturated heterocycles. The van der Waals surface area contributed by atoms with Gasteiger partial charge in [0.25, 0.3) is 5.91 Å². The number of amides is 1. The molecule has 7 nitrogen and oxygen atoms in total. The molecule has 1 unspecified atom stereocenters. The SMILES string of the molecule is CC1=C(C(=O)Nc2ccccc2C)C(c2ccc(OCc3ccc(F)cc3)cc2)n2ncnc2N1. The zero-order valence-electron chi connectivity index (χ0n) is 19.3. The topological polar surface area (TPSA) is 81.1 Å². The van der Waals surface area contributed by atoms with Crippen LogP contribution in [0, 0.1) is 12.7 Å². The summed E-state index contributed by atoms with van der Waals surface area (Å²) in [6.45, 7) is 4.13. The number of nitrogens with zero attached hydrogens (tertiary/aromatic N) is 3. The van der Waals surface area contributed by atoms with Gasteiger partial charge in [0, 0.05) is 11.4 Å². The lowest BCUT2D eigenvalue weighted by Gasteiger charge is -2.29. The van der Waals surface area contributed by atoms with E-state index in [4.69, 9.17) is 4.74 Å². The number of hydrogen-bond donors (Lipinski definition) is 2. The molecule has 0 radical (unpaired) electrons. The molecule has 1 aliphatic heterocycles. The minimum atomic E-state index is -0.469. The average molecular weight is 470 g/mol. The van der Waals surface area contributed by atoms with Gasteiger partial charge in [-0.05, 0) is 60.9 Å². The summed E-state index contributed by atoms with van der Waals surface area (Å²) in [5, 5.41) is 10.6. The lowest BCUT2D eigenvalue weighted by molar-refractivity contribution is -0.113. The zero-order chi connectivity index (χ0) is 24.4. The van der Waals surface area contributed by atoms with Gasteiger partial charge in [-0.1, -0.05) is 42.5 Å². The van der Waals surface area contributed by atoms with Crippen molar-refractivity contribution in [3.63, 3.8) is 0 Å². The Balaban J connectivity index is 1.41. The Labute approximate surface area is 202 Å². The molecule has 1 atom stereocenters. The molecule has 0 spiro atoms. The van der Waals surface area contributed by atoms with E-state index in [1.54, 1.807) is 16.8 Å². The molecule has 3 aromatic carbocycles. The summed E-state index contributed by atoms with van der Waals surface area (Å²) in [6, 6.07) is 20.9. The summed E-state index contributed by atoms with van der Waals surface area (Å²) in [7, 11) is 0. The third-order valence-corrected chi connectivity index (χ3v) is 5.95. The molecule has 0 fully saturated rings. The van der Waals surface area contributed by atoms with Crippen molar-refractivity contribution in [1.82, 2.24) is 14.8 Å². The van der Waals surface area contributed by atoms with Crippen molar-refractivity contribution in [2.45, 2.75) is 26.5 Å². The highest BCUT2D eigenvalue weighted by Gasteiger charge is 2.33. The van der Waals surface area contributed by atoms with Crippen LogP contribution in [0.4, 0.5) is 16.0 Å². The lowest BCUT2D eigenvalue weighted by Crippen LogP contribution is -2.31. The number of aryl methyl sites for hydroxylation is 1. The molecule has 1 aliphatic rings. The summed E-state index contributed by atoms with van der Waals surface area (Å²) in [4.78, 5) is 17.8. The van der Waals surface area contributed by atoms with Crippen LogP contribution < -0.4 is 15.4 Å². The third-order valence-electron chi connectivity index (χ3n) is 5.95. The second-order valence-corrected chi connectivity index (χ2v) is 8.35. The van der Waals surface area contributed by atoms with Gasteiger partial charge in [-0.15, -0.1) is 0 Å². The van der Waals surface area contributed by atoms with Crippen LogP contribution in [-0.4, -0.2) is 20.7 Å².